The number of rotatable bonds is 4. The minimum atomic E-state index is -0.893. The second-order valence-electron chi connectivity index (χ2n) is 5.53. The number of carboxylic acids is 1. The van der Waals surface area contributed by atoms with Crippen LogP contribution in [0.3, 0.4) is 0 Å². The number of likely N-dealkylation sites (tertiary alicyclic amines) is 1. The van der Waals surface area contributed by atoms with Crippen molar-refractivity contribution in [3.8, 4) is 0 Å². The van der Waals surface area contributed by atoms with Gasteiger partial charge in [0.2, 0.25) is 0 Å². The SMILES string of the molecule is CC(=O)c1cc(C(=O)N2CCCCC2CC(=O)O)n(C)c1. The van der Waals surface area contributed by atoms with E-state index in [9.17, 15) is 14.4 Å². The minimum Gasteiger partial charge on any atom is -0.481 e. The Kier molecular flexibility index (Phi) is 4.45. The van der Waals surface area contributed by atoms with Crippen LogP contribution in [0, 0.1) is 0 Å². The number of hydrogen-bond donors (Lipinski definition) is 1. The molecule has 6 nitrogen and oxygen atoms in total. The number of aryl methyl sites for hydroxylation is 1. The van der Waals surface area contributed by atoms with E-state index in [1.807, 2.05) is 0 Å². The first kappa shape index (κ1) is 15.3. The number of piperidine rings is 1. The van der Waals surface area contributed by atoms with Gasteiger partial charge in [0.15, 0.2) is 5.78 Å². The standard InChI is InChI=1S/C15H20N2O4/c1-10(18)11-7-13(16(2)9-11)15(21)17-6-4-3-5-12(17)8-14(19)20/h7,9,12H,3-6,8H2,1-2H3,(H,19,20). The van der Waals surface area contributed by atoms with Gasteiger partial charge in [-0.2, -0.15) is 0 Å². The summed E-state index contributed by atoms with van der Waals surface area (Å²) in [4.78, 5) is 36.6. The van der Waals surface area contributed by atoms with E-state index in [1.165, 1.54) is 6.92 Å². The van der Waals surface area contributed by atoms with E-state index >= 15 is 0 Å². The van der Waals surface area contributed by atoms with Crippen LogP contribution in [0.2, 0.25) is 0 Å². The Morgan fingerprint density at radius 3 is 2.62 bits per heavy atom. The van der Waals surface area contributed by atoms with Crippen molar-refractivity contribution in [3.05, 3.63) is 23.5 Å². The molecule has 1 aliphatic heterocycles. The van der Waals surface area contributed by atoms with Crippen molar-refractivity contribution in [1.82, 2.24) is 9.47 Å². The lowest BCUT2D eigenvalue weighted by atomic mass is 9.99. The summed E-state index contributed by atoms with van der Waals surface area (Å²) in [5.41, 5.74) is 0.921. The average molecular weight is 292 g/mol. The molecule has 21 heavy (non-hydrogen) atoms. The molecule has 2 heterocycles. The molecule has 1 amide bonds. The number of ketones is 1. The Morgan fingerprint density at radius 2 is 2.05 bits per heavy atom. The molecule has 1 aromatic heterocycles. The maximum Gasteiger partial charge on any atom is 0.305 e. The summed E-state index contributed by atoms with van der Waals surface area (Å²) < 4.78 is 1.63. The molecule has 2 rings (SSSR count). The van der Waals surface area contributed by atoms with Gasteiger partial charge >= 0.3 is 5.97 Å². The number of aromatic nitrogens is 1. The zero-order chi connectivity index (χ0) is 15.6. The number of carbonyl (C=O) groups excluding carboxylic acids is 2. The van der Waals surface area contributed by atoms with Crippen molar-refractivity contribution in [2.45, 2.75) is 38.6 Å². The van der Waals surface area contributed by atoms with Crippen LogP contribution in [0.25, 0.3) is 0 Å². The Labute approximate surface area is 123 Å². The monoisotopic (exact) mass is 292 g/mol. The third kappa shape index (κ3) is 3.32. The second-order valence-corrected chi connectivity index (χ2v) is 5.53. The first-order chi connectivity index (χ1) is 9.90. The molecule has 0 bridgehead atoms. The first-order valence-corrected chi connectivity index (χ1v) is 7.10. The average Bonchev–Trinajstić information content (AvgIpc) is 2.80. The van der Waals surface area contributed by atoms with E-state index in [0.717, 1.165) is 12.8 Å². The van der Waals surface area contributed by atoms with Gasteiger partial charge in [0.1, 0.15) is 5.69 Å². The predicted octanol–water partition coefficient (Wildman–Crippen LogP) is 1.70. The lowest BCUT2D eigenvalue weighted by Gasteiger charge is -2.35. The maximum atomic E-state index is 12.6. The Hall–Kier alpha value is -2.11. The molecule has 1 atom stereocenters. The van der Waals surface area contributed by atoms with Crippen molar-refractivity contribution >= 4 is 17.7 Å². The molecule has 114 valence electrons. The van der Waals surface area contributed by atoms with Crippen molar-refractivity contribution in [1.29, 1.82) is 0 Å². The van der Waals surface area contributed by atoms with Gasteiger partial charge in [-0.05, 0) is 32.3 Å². The molecule has 1 aromatic rings. The fraction of sp³-hybridized carbons (Fsp3) is 0.533. The summed E-state index contributed by atoms with van der Waals surface area (Å²) >= 11 is 0. The van der Waals surface area contributed by atoms with E-state index in [0.29, 0.717) is 24.2 Å². The molecular weight excluding hydrogens is 272 g/mol. The number of aliphatic carboxylic acids is 1. The molecule has 1 saturated heterocycles. The lowest BCUT2D eigenvalue weighted by molar-refractivity contribution is -0.138. The second kappa shape index (κ2) is 6.11. The third-order valence-corrected chi connectivity index (χ3v) is 3.93. The molecule has 0 spiro atoms. The van der Waals surface area contributed by atoms with E-state index < -0.39 is 5.97 Å². The third-order valence-electron chi connectivity index (χ3n) is 3.93. The van der Waals surface area contributed by atoms with Crippen LogP contribution in [-0.4, -0.2) is 44.8 Å². The van der Waals surface area contributed by atoms with E-state index in [2.05, 4.69) is 0 Å². The maximum absolute atomic E-state index is 12.6. The van der Waals surface area contributed by atoms with E-state index in [-0.39, 0.29) is 24.2 Å². The van der Waals surface area contributed by atoms with Gasteiger partial charge < -0.3 is 14.6 Å². The van der Waals surface area contributed by atoms with Gasteiger partial charge in [-0.3, -0.25) is 14.4 Å². The van der Waals surface area contributed by atoms with Crippen LogP contribution in [0.15, 0.2) is 12.3 Å². The normalized spacial score (nSPS) is 18.6. The summed E-state index contributed by atoms with van der Waals surface area (Å²) in [6.07, 6.45) is 4.13. The predicted molar refractivity (Wildman–Crippen MR) is 76.3 cm³/mol. The Balaban J connectivity index is 2.24. The van der Waals surface area contributed by atoms with Crippen molar-refractivity contribution in [2.75, 3.05) is 6.54 Å². The van der Waals surface area contributed by atoms with Crippen LogP contribution in [0.5, 0.6) is 0 Å². The largest absolute Gasteiger partial charge is 0.481 e. The molecule has 0 radical (unpaired) electrons. The lowest BCUT2D eigenvalue weighted by Crippen LogP contribution is -2.45. The first-order valence-electron chi connectivity index (χ1n) is 7.10. The summed E-state index contributed by atoms with van der Waals surface area (Å²) in [5.74, 6) is -1.18. The zero-order valence-electron chi connectivity index (χ0n) is 12.3. The van der Waals surface area contributed by atoms with Crippen LogP contribution in [0.4, 0.5) is 0 Å². The van der Waals surface area contributed by atoms with Gasteiger partial charge in [-0.15, -0.1) is 0 Å². The topological polar surface area (TPSA) is 79.6 Å². The van der Waals surface area contributed by atoms with Crippen molar-refractivity contribution in [2.24, 2.45) is 7.05 Å². The molecule has 1 fully saturated rings. The summed E-state index contributed by atoms with van der Waals surface area (Å²) in [6.45, 7) is 2.02. The number of amides is 1. The smallest absolute Gasteiger partial charge is 0.305 e. The van der Waals surface area contributed by atoms with Crippen LogP contribution in [0.1, 0.15) is 53.5 Å². The summed E-state index contributed by atoms with van der Waals surface area (Å²) in [6, 6.07) is 1.32. The van der Waals surface area contributed by atoms with Crippen molar-refractivity contribution in [3.63, 3.8) is 0 Å². The Bertz CT molecular complexity index is 576. The highest BCUT2D eigenvalue weighted by molar-refractivity contribution is 5.99. The number of nitrogens with zero attached hydrogens (tertiary/aromatic N) is 2. The number of Topliss-reactive ketones (excluding diaryl/α,β-unsaturated/α-hetero) is 1. The quantitative estimate of drug-likeness (QED) is 0.857. The number of carboxylic acid groups (broad SMARTS) is 1. The highest BCUT2D eigenvalue weighted by atomic mass is 16.4. The van der Waals surface area contributed by atoms with Gasteiger partial charge in [0, 0.05) is 31.4 Å². The molecule has 0 saturated carbocycles. The van der Waals surface area contributed by atoms with Gasteiger partial charge in [0.05, 0.1) is 6.42 Å². The molecule has 6 heteroatoms. The van der Waals surface area contributed by atoms with Gasteiger partial charge in [-0.25, -0.2) is 0 Å². The van der Waals surface area contributed by atoms with Crippen LogP contribution >= 0.6 is 0 Å². The number of hydrogen-bond acceptors (Lipinski definition) is 3. The fourth-order valence-electron chi connectivity index (χ4n) is 2.80. The zero-order valence-corrected chi connectivity index (χ0v) is 12.3. The molecular formula is C15H20N2O4. The Morgan fingerprint density at radius 1 is 1.33 bits per heavy atom. The van der Waals surface area contributed by atoms with Crippen LogP contribution < -0.4 is 0 Å². The highest BCUT2D eigenvalue weighted by Crippen LogP contribution is 2.22. The number of carbonyl (C=O) groups is 3. The molecule has 0 aliphatic carbocycles. The molecule has 1 N–H and O–H groups in total. The molecule has 1 unspecified atom stereocenters. The fourth-order valence-corrected chi connectivity index (χ4v) is 2.80. The van der Waals surface area contributed by atoms with Gasteiger partial charge in [-0.1, -0.05) is 0 Å². The van der Waals surface area contributed by atoms with Crippen LogP contribution in [-0.2, 0) is 11.8 Å². The summed E-state index contributed by atoms with van der Waals surface area (Å²) in [7, 11) is 1.72. The summed E-state index contributed by atoms with van der Waals surface area (Å²) in [5, 5.41) is 8.98. The van der Waals surface area contributed by atoms with Crippen molar-refractivity contribution < 1.29 is 19.5 Å². The van der Waals surface area contributed by atoms with E-state index in [1.54, 1.807) is 28.8 Å². The minimum absolute atomic E-state index is 0.0320. The molecule has 1 aliphatic rings. The van der Waals surface area contributed by atoms with E-state index in [4.69, 9.17) is 5.11 Å². The van der Waals surface area contributed by atoms with Gasteiger partial charge in [0.25, 0.3) is 5.91 Å². The molecule has 0 aromatic carbocycles. The highest BCUT2D eigenvalue weighted by Gasteiger charge is 2.30.